The average molecular weight is 303 g/mol. The molecule has 1 fully saturated rings. The number of thiophene rings is 1. The van der Waals surface area contributed by atoms with E-state index in [4.69, 9.17) is 4.52 Å². The van der Waals surface area contributed by atoms with Crippen LogP contribution >= 0.6 is 11.3 Å². The highest BCUT2D eigenvalue weighted by atomic mass is 32.1. The van der Waals surface area contributed by atoms with E-state index < -0.39 is 0 Å². The van der Waals surface area contributed by atoms with Crippen molar-refractivity contribution in [2.24, 2.45) is 5.92 Å². The van der Waals surface area contributed by atoms with Crippen molar-refractivity contribution in [2.45, 2.75) is 44.9 Å². The van der Waals surface area contributed by atoms with Crippen LogP contribution in [0.15, 0.2) is 10.6 Å². The third kappa shape index (κ3) is 2.90. The van der Waals surface area contributed by atoms with E-state index in [1.165, 1.54) is 49.0 Å². The first kappa shape index (κ1) is 13.5. The Morgan fingerprint density at radius 1 is 1.29 bits per heavy atom. The quantitative estimate of drug-likeness (QED) is 0.946. The Balaban J connectivity index is 1.49. The lowest BCUT2D eigenvalue weighted by Gasteiger charge is -2.20. The van der Waals surface area contributed by atoms with Crippen molar-refractivity contribution >= 4 is 11.3 Å². The molecule has 0 spiro atoms. The van der Waals surface area contributed by atoms with Crippen molar-refractivity contribution in [3.8, 4) is 10.8 Å². The summed E-state index contributed by atoms with van der Waals surface area (Å²) in [5, 5.41) is 7.63. The zero-order valence-corrected chi connectivity index (χ0v) is 13.0. The number of nitrogens with one attached hydrogen (secondary N) is 1. The third-order valence-corrected chi connectivity index (χ3v) is 5.77. The van der Waals surface area contributed by atoms with Crippen molar-refractivity contribution < 1.29 is 4.52 Å². The summed E-state index contributed by atoms with van der Waals surface area (Å²) in [5.41, 5.74) is 1.50. The maximum Gasteiger partial charge on any atom is 0.268 e. The number of rotatable bonds is 3. The first-order chi connectivity index (χ1) is 10.4. The molecule has 0 aromatic carbocycles. The van der Waals surface area contributed by atoms with E-state index in [0.29, 0.717) is 11.8 Å². The third-order valence-electron chi connectivity index (χ3n) is 4.55. The summed E-state index contributed by atoms with van der Waals surface area (Å²) in [5.74, 6) is 2.24. The Bertz CT molecular complexity index is 589. The van der Waals surface area contributed by atoms with E-state index in [2.05, 4.69) is 21.5 Å². The molecule has 0 amide bonds. The van der Waals surface area contributed by atoms with Gasteiger partial charge in [0.05, 0.1) is 4.88 Å². The van der Waals surface area contributed by atoms with Crippen LogP contribution < -0.4 is 5.32 Å². The molecule has 2 aromatic rings. The van der Waals surface area contributed by atoms with Gasteiger partial charge >= 0.3 is 0 Å². The van der Waals surface area contributed by atoms with Crippen LogP contribution in [0.25, 0.3) is 10.8 Å². The lowest BCUT2D eigenvalue weighted by Crippen LogP contribution is -2.31. The number of aryl methyl sites for hydroxylation is 2. The number of piperidine rings is 1. The summed E-state index contributed by atoms with van der Waals surface area (Å²) in [6.07, 6.45) is 8.51. The monoisotopic (exact) mass is 303 g/mol. The zero-order valence-electron chi connectivity index (χ0n) is 12.2. The molecule has 0 saturated carbocycles. The van der Waals surface area contributed by atoms with Crippen LogP contribution in [-0.2, 0) is 19.3 Å². The molecule has 1 unspecified atom stereocenters. The van der Waals surface area contributed by atoms with Gasteiger partial charge in [0.25, 0.3) is 5.89 Å². The largest absolute Gasteiger partial charge is 0.333 e. The second kappa shape index (κ2) is 5.89. The molecule has 2 aromatic heterocycles. The molecular formula is C16H21N3OS. The van der Waals surface area contributed by atoms with Crippen molar-refractivity contribution in [3.05, 3.63) is 22.3 Å². The summed E-state index contributed by atoms with van der Waals surface area (Å²) in [6.45, 7) is 2.23. The van der Waals surface area contributed by atoms with Crippen LogP contribution in [-0.4, -0.2) is 23.2 Å². The van der Waals surface area contributed by atoms with Crippen LogP contribution in [0.1, 0.15) is 41.9 Å². The van der Waals surface area contributed by atoms with E-state index in [9.17, 15) is 0 Å². The number of hydrogen-bond donors (Lipinski definition) is 1. The predicted octanol–water partition coefficient (Wildman–Crippen LogP) is 3.22. The van der Waals surface area contributed by atoms with Gasteiger partial charge in [0, 0.05) is 11.3 Å². The summed E-state index contributed by atoms with van der Waals surface area (Å²) in [7, 11) is 0. The van der Waals surface area contributed by atoms with Crippen molar-refractivity contribution in [3.63, 3.8) is 0 Å². The molecule has 112 valence electrons. The average Bonchev–Trinajstić information content (AvgIpc) is 3.14. The standard InChI is InChI=1S/C16H21N3OS/c1-2-6-13-12(5-1)9-14(21-13)16-18-15(19-20-16)8-11-4-3-7-17-10-11/h9,11,17H,1-8,10H2. The van der Waals surface area contributed by atoms with Crippen molar-refractivity contribution in [1.82, 2.24) is 15.5 Å². The molecule has 0 bridgehead atoms. The zero-order chi connectivity index (χ0) is 14.1. The summed E-state index contributed by atoms with van der Waals surface area (Å²) >= 11 is 1.84. The molecule has 0 radical (unpaired) electrons. The molecule has 1 atom stereocenters. The molecule has 3 heterocycles. The fourth-order valence-electron chi connectivity index (χ4n) is 3.39. The SMILES string of the molecule is c1c(-c2nc(CC3CCCNC3)no2)sc2c1CCCC2. The van der Waals surface area contributed by atoms with E-state index in [1.807, 2.05) is 11.3 Å². The molecule has 4 nitrogen and oxygen atoms in total. The molecule has 4 rings (SSSR count). The molecular weight excluding hydrogens is 282 g/mol. The maximum atomic E-state index is 5.50. The first-order valence-corrected chi connectivity index (χ1v) is 8.85. The van der Waals surface area contributed by atoms with Crippen LogP contribution in [0.4, 0.5) is 0 Å². The Hall–Kier alpha value is -1.20. The Kier molecular flexibility index (Phi) is 3.78. The molecule has 1 saturated heterocycles. The molecule has 2 aliphatic rings. The van der Waals surface area contributed by atoms with Crippen LogP contribution in [0.5, 0.6) is 0 Å². The van der Waals surface area contributed by atoms with Gasteiger partial charge < -0.3 is 9.84 Å². The lowest BCUT2D eigenvalue weighted by atomic mass is 9.96. The van der Waals surface area contributed by atoms with Crippen LogP contribution in [0.2, 0.25) is 0 Å². The molecule has 1 aliphatic carbocycles. The molecule has 1 aliphatic heterocycles. The van der Waals surface area contributed by atoms with Gasteiger partial charge in [-0.05, 0) is 69.2 Å². The topological polar surface area (TPSA) is 51.0 Å². The lowest BCUT2D eigenvalue weighted by molar-refractivity contribution is 0.360. The summed E-state index contributed by atoms with van der Waals surface area (Å²) in [4.78, 5) is 7.30. The van der Waals surface area contributed by atoms with Gasteiger partial charge in [-0.25, -0.2) is 0 Å². The van der Waals surface area contributed by atoms with Gasteiger partial charge in [-0.1, -0.05) is 5.16 Å². The minimum atomic E-state index is 0.653. The van der Waals surface area contributed by atoms with Crippen molar-refractivity contribution in [2.75, 3.05) is 13.1 Å². The minimum Gasteiger partial charge on any atom is -0.333 e. The second-order valence-corrected chi connectivity index (χ2v) is 7.34. The number of hydrogen-bond acceptors (Lipinski definition) is 5. The smallest absolute Gasteiger partial charge is 0.268 e. The highest BCUT2D eigenvalue weighted by Crippen LogP contribution is 2.35. The normalized spacial score (nSPS) is 22.2. The van der Waals surface area contributed by atoms with E-state index in [1.54, 1.807) is 0 Å². The number of aromatic nitrogens is 2. The van der Waals surface area contributed by atoms with Gasteiger partial charge in [-0.2, -0.15) is 4.98 Å². The fourth-order valence-corrected chi connectivity index (χ4v) is 4.56. The van der Waals surface area contributed by atoms with Gasteiger partial charge in [0.2, 0.25) is 0 Å². The van der Waals surface area contributed by atoms with E-state index in [-0.39, 0.29) is 0 Å². The van der Waals surface area contributed by atoms with Crippen molar-refractivity contribution in [1.29, 1.82) is 0 Å². The number of nitrogens with zero attached hydrogens (tertiary/aromatic N) is 2. The molecule has 5 heteroatoms. The predicted molar refractivity (Wildman–Crippen MR) is 83.6 cm³/mol. The molecule has 1 N–H and O–H groups in total. The minimum absolute atomic E-state index is 0.653. The molecule has 21 heavy (non-hydrogen) atoms. The van der Waals surface area contributed by atoms with Gasteiger partial charge in [-0.15, -0.1) is 11.3 Å². The highest BCUT2D eigenvalue weighted by molar-refractivity contribution is 7.15. The first-order valence-electron chi connectivity index (χ1n) is 8.04. The Morgan fingerprint density at radius 3 is 3.10 bits per heavy atom. The van der Waals surface area contributed by atoms with Crippen LogP contribution in [0, 0.1) is 5.92 Å². The highest BCUT2D eigenvalue weighted by Gasteiger charge is 2.20. The second-order valence-electron chi connectivity index (χ2n) is 6.20. The maximum absolute atomic E-state index is 5.50. The number of fused-ring (bicyclic) bond motifs is 1. The van der Waals surface area contributed by atoms with Gasteiger partial charge in [0.15, 0.2) is 5.82 Å². The van der Waals surface area contributed by atoms with Gasteiger partial charge in [0.1, 0.15) is 0 Å². The van der Waals surface area contributed by atoms with E-state index >= 15 is 0 Å². The summed E-state index contributed by atoms with van der Waals surface area (Å²) in [6, 6.07) is 2.26. The Morgan fingerprint density at radius 2 is 2.24 bits per heavy atom. The Labute approximate surface area is 129 Å². The fraction of sp³-hybridized carbons (Fsp3) is 0.625. The summed E-state index contributed by atoms with van der Waals surface area (Å²) < 4.78 is 5.50. The van der Waals surface area contributed by atoms with E-state index in [0.717, 1.165) is 30.2 Å². The van der Waals surface area contributed by atoms with Crippen LogP contribution in [0.3, 0.4) is 0 Å². The van der Waals surface area contributed by atoms with Gasteiger partial charge in [-0.3, -0.25) is 0 Å².